The molecule has 102 valence electrons. The van der Waals surface area contributed by atoms with Gasteiger partial charge in [-0.25, -0.2) is 0 Å². The zero-order valence-electron chi connectivity index (χ0n) is 11.8. The number of benzene rings is 1. The van der Waals surface area contributed by atoms with Crippen molar-refractivity contribution in [2.45, 2.75) is 32.6 Å². The normalized spacial score (nSPS) is 17.9. The fourth-order valence-electron chi connectivity index (χ4n) is 2.87. The van der Waals surface area contributed by atoms with Gasteiger partial charge in [0.15, 0.2) is 5.78 Å². The molecule has 2 aromatic rings. The van der Waals surface area contributed by atoms with Gasteiger partial charge in [0.1, 0.15) is 0 Å². The lowest BCUT2D eigenvalue weighted by atomic mass is 9.84. The van der Waals surface area contributed by atoms with Gasteiger partial charge in [-0.15, -0.1) is 0 Å². The van der Waals surface area contributed by atoms with E-state index in [9.17, 15) is 4.79 Å². The second kappa shape index (κ2) is 5.58. The lowest BCUT2D eigenvalue weighted by Crippen LogP contribution is -2.21. The molecule has 0 N–H and O–H groups in total. The van der Waals surface area contributed by atoms with Crippen molar-refractivity contribution in [1.82, 2.24) is 4.98 Å². The Morgan fingerprint density at radius 2 is 1.90 bits per heavy atom. The van der Waals surface area contributed by atoms with Crippen LogP contribution in [0.2, 0.25) is 0 Å². The average Bonchev–Trinajstić information content (AvgIpc) is 2.48. The minimum absolute atomic E-state index is 0.261. The smallest absolute Gasteiger partial charge is 0.164 e. The van der Waals surface area contributed by atoms with Gasteiger partial charge in [0.05, 0.1) is 5.69 Å². The van der Waals surface area contributed by atoms with E-state index in [1.54, 1.807) is 0 Å². The van der Waals surface area contributed by atoms with Crippen LogP contribution in [0.4, 0.5) is 0 Å². The molecule has 20 heavy (non-hydrogen) atoms. The molecular formula is C18H19NO. The third kappa shape index (κ3) is 2.64. The zero-order valence-corrected chi connectivity index (χ0v) is 11.8. The Labute approximate surface area is 119 Å². The molecule has 1 aromatic carbocycles. The summed E-state index contributed by atoms with van der Waals surface area (Å²) in [6, 6.07) is 14.3. The molecule has 1 atom stereocenters. The molecule has 1 unspecified atom stereocenters. The molecule has 0 bridgehead atoms. The lowest BCUT2D eigenvalue weighted by Gasteiger charge is -2.22. The number of Topliss-reactive ketones (excluding diaryl/α,β-unsaturated/α-hetero) is 1. The first kappa shape index (κ1) is 13.0. The maximum absolute atomic E-state index is 12.1. The molecule has 0 saturated carbocycles. The fraction of sp³-hybridized carbons (Fsp3) is 0.333. The SMILES string of the molecule is CCC1CC(=O)c2ccc(Cc3ccccc3)nc2C1. The second-order valence-electron chi connectivity index (χ2n) is 5.56. The summed E-state index contributed by atoms with van der Waals surface area (Å²) in [5.74, 6) is 0.728. The maximum atomic E-state index is 12.1. The third-order valence-corrected chi connectivity index (χ3v) is 4.09. The standard InChI is InChI=1S/C18H19NO/c1-2-13-11-17-16(18(20)12-13)9-8-15(19-17)10-14-6-4-3-5-7-14/h3-9,13H,2,10-12H2,1H3. The van der Waals surface area contributed by atoms with Gasteiger partial charge in [0, 0.05) is 24.1 Å². The van der Waals surface area contributed by atoms with Gasteiger partial charge in [-0.2, -0.15) is 0 Å². The number of ketones is 1. The van der Waals surface area contributed by atoms with Crippen LogP contribution in [0.25, 0.3) is 0 Å². The van der Waals surface area contributed by atoms with E-state index < -0.39 is 0 Å². The highest BCUT2D eigenvalue weighted by atomic mass is 16.1. The molecule has 0 radical (unpaired) electrons. The summed E-state index contributed by atoms with van der Waals surface area (Å²) in [6.45, 7) is 2.15. The maximum Gasteiger partial charge on any atom is 0.164 e. The quantitative estimate of drug-likeness (QED) is 0.844. The Kier molecular flexibility index (Phi) is 3.64. The van der Waals surface area contributed by atoms with Crippen molar-refractivity contribution in [2.75, 3.05) is 0 Å². The summed E-state index contributed by atoms with van der Waals surface area (Å²) < 4.78 is 0. The summed E-state index contributed by atoms with van der Waals surface area (Å²) in [5, 5.41) is 0. The van der Waals surface area contributed by atoms with E-state index in [0.717, 1.165) is 36.2 Å². The van der Waals surface area contributed by atoms with Crippen molar-refractivity contribution < 1.29 is 4.79 Å². The summed E-state index contributed by atoms with van der Waals surface area (Å²) in [7, 11) is 0. The van der Waals surface area contributed by atoms with Gasteiger partial charge in [-0.05, 0) is 30.0 Å². The van der Waals surface area contributed by atoms with Crippen molar-refractivity contribution in [1.29, 1.82) is 0 Å². The van der Waals surface area contributed by atoms with E-state index in [1.165, 1.54) is 5.56 Å². The van der Waals surface area contributed by atoms with Gasteiger partial charge >= 0.3 is 0 Å². The van der Waals surface area contributed by atoms with E-state index in [0.29, 0.717) is 12.3 Å². The highest BCUT2D eigenvalue weighted by molar-refractivity contribution is 5.98. The first-order chi connectivity index (χ1) is 9.76. The van der Waals surface area contributed by atoms with Crippen molar-refractivity contribution in [3.8, 4) is 0 Å². The fourth-order valence-corrected chi connectivity index (χ4v) is 2.87. The minimum atomic E-state index is 0.261. The van der Waals surface area contributed by atoms with Gasteiger partial charge in [0.25, 0.3) is 0 Å². The number of hydrogen-bond donors (Lipinski definition) is 0. The minimum Gasteiger partial charge on any atom is -0.294 e. The van der Waals surface area contributed by atoms with E-state index in [1.807, 2.05) is 30.3 Å². The van der Waals surface area contributed by atoms with Gasteiger partial charge in [-0.1, -0.05) is 43.7 Å². The number of hydrogen-bond acceptors (Lipinski definition) is 2. The highest BCUT2D eigenvalue weighted by Gasteiger charge is 2.25. The molecule has 0 amide bonds. The van der Waals surface area contributed by atoms with Crippen LogP contribution in [0.1, 0.15) is 47.1 Å². The van der Waals surface area contributed by atoms with Gasteiger partial charge < -0.3 is 0 Å². The number of rotatable bonds is 3. The Morgan fingerprint density at radius 3 is 2.65 bits per heavy atom. The first-order valence-electron chi connectivity index (χ1n) is 7.32. The highest BCUT2D eigenvalue weighted by Crippen LogP contribution is 2.26. The van der Waals surface area contributed by atoms with Crippen molar-refractivity contribution in [3.63, 3.8) is 0 Å². The summed E-state index contributed by atoms with van der Waals surface area (Å²) in [4.78, 5) is 16.8. The molecule has 1 aliphatic rings. The second-order valence-corrected chi connectivity index (χ2v) is 5.56. The average molecular weight is 265 g/mol. The Balaban J connectivity index is 1.87. The molecule has 1 heterocycles. The number of pyridine rings is 1. The number of carbonyl (C=O) groups is 1. The predicted octanol–water partition coefficient (Wildman–Crippen LogP) is 3.83. The Morgan fingerprint density at radius 1 is 1.10 bits per heavy atom. The zero-order chi connectivity index (χ0) is 13.9. The van der Waals surface area contributed by atoms with Crippen LogP contribution in [0.3, 0.4) is 0 Å². The molecule has 0 fully saturated rings. The molecular weight excluding hydrogens is 246 g/mol. The number of carbonyl (C=O) groups excluding carboxylic acids is 1. The van der Waals surface area contributed by atoms with Crippen LogP contribution in [-0.2, 0) is 12.8 Å². The van der Waals surface area contributed by atoms with E-state index in [-0.39, 0.29) is 5.78 Å². The molecule has 3 rings (SSSR count). The first-order valence-corrected chi connectivity index (χ1v) is 7.32. The van der Waals surface area contributed by atoms with Gasteiger partial charge in [-0.3, -0.25) is 9.78 Å². The van der Waals surface area contributed by atoms with Crippen LogP contribution in [-0.4, -0.2) is 10.8 Å². The van der Waals surface area contributed by atoms with Crippen LogP contribution in [0.5, 0.6) is 0 Å². The van der Waals surface area contributed by atoms with Crippen molar-refractivity contribution >= 4 is 5.78 Å². The summed E-state index contributed by atoms with van der Waals surface area (Å²) in [5.41, 5.74) is 4.15. The molecule has 2 nitrogen and oxygen atoms in total. The monoisotopic (exact) mass is 265 g/mol. The molecule has 0 spiro atoms. The summed E-state index contributed by atoms with van der Waals surface area (Å²) in [6.07, 6.45) is 3.51. The van der Waals surface area contributed by atoms with Crippen LogP contribution in [0, 0.1) is 5.92 Å². The van der Waals surface area contributed by atoms with E-state index >= 15 is 0 Å². The number of aromatic nitrogens is 1. The van der Waals surface area contributed by atoms with E-state index in [4.69, 9.17) is 4.98 Å². The van der Waals surface area contributed by atoms with Crippen LogP contribution >= 0.6 is 0 Å². The Bertz CT molecular complexity index is 619. The topological polar surface area (TPSA) is 30.0 Å². The lowest BCUT2D eigenvalue weighted by molar-refractivity contribution is 0.0946. The molecule has 2 heteroatoms. The molecule has 0 aliphatic heterocycles. The largest absolute Gasteiger partial charge is 0.294 e. The summed E-state index contributed by atoms with van der Waals surface area (Å²) >= 11 is 0. The molecule has 1 aliphatic carbocycles. The van der Waals surface area contributed by atoms with Crippen molar-refractivity contribution in [2.24, 2.45) is 5.92 Å². The predicted molar refractivity (Wildman–Crippen MR) is 79.9 cm³/mol. The molecule has 0 saturated heterocycles. The van der Waals surface area contributed by atoms with E-state index in [2.05, 4.69) is 19.1 Å². The Hall–Kier alpha value is -1.96. The number of nitrogens with zero attached hydrogens (tertiary/aromatic N) is 1. The van der Waals surface area contributed by atoms with Crippen molar-refractivity contribution in [3.05, 3.63) is 65.0 Å². The molecule has 1 aromatic heterocycles. The van der Waals surface area contributed by atoms with Crippen LogP contribution in [0.15, 0.2) is 42.5 Å². The van der Waals surface area contributed by atoms with Gasteiger partial charge in [0.2, 0.25) is 0 Å². The third-order valence-electron chi connectivity index (χ3n) is 4.09. The number of fused-ring (bicyclic) bond motifs is 1. The van der Waals surface area contributed by atoms with Crippen LogP contribution < -0.4 is 0 Å².